The van der Waals surface area contributed by atoms with Crippen LogP contribution >= 0.6 is 0 Å². The van der Waals surface area contributed by atoms with E-state index in [1.165, 1.54) is 0 Å². The van der Waals surface area contributed by atoms with Gasteiger partial charge in [0, 0.05) is 25.0 Å². The molecule has 0 unspecified atom stereocenters. The fourth-order valence-corrected chi connectivity index (χ4v) is 1.83. The summed E-state index contributed by atoms with van der Waals surface area (Å²) in [5, 5.41) is 2.56. The van der Waals surface area contributed by atoms with Crippen molar-refractivity contribution in [1.82, 2.24) is 10.2 Å². The molecule has 0 saturated heterocycles. The van der Waals surface area contributed by atoms with Gasteiger partial charge in [-0.15, -0.1) is 0 Å². The maximum absolute atomic E-state index is 12.3. The monoisotopic (exact) mass is 340 g/mol. The first-order chi connectivity index (χ1) is 10.2. The average Bonchev–Trinajstić information content (AvgIpc) is 2.22. The van der Waals surface area contributed by atoms with Gasteiger partial charge >= 0.3 is 12.3 Å². The fraction of sp³-hybridized carbons (Fsp3) is 0.867. The topological polar surface area (TPSA) is 58.6 Å². The van der Waals surface area contributed by atoms with E-state index in [1.54, 1.807) is 41.5 Å². The molecule has 136 valence electrons. The summed E-state index contributed by atoms with van der Waals surface area (Å²) in [5.41, 5.74) is -1.60. The minimum atomic E-state index is -4.31. The van der Waals surface area contributed by atoms with Gasteiger partial charge < -0.3 is 15.0 Å². The summed E-state index contributed by atoms with van der Waals surface area (Å²) in [5.74, 6) is -0.446. The number of ether oxygens (including phenoxy) is 1. The molecular formula is C15H27F3N2O3. The number of rotatable bonds is 6. The number of nitrogens with one attached hydrogen (secondary N) is 1. The maximum atomic E-state index is 12.3. The molecular weight excluding hydrogens is 313 g/mol. The summed E-state index contributed by atoms with van der Waals surface area (Å²) in [6.07, 6.45) is -6.14. The van der Waals surface area contributed by atoms with Crippen molar-refractivity contribution in [2.45, 2.75) is 71.7 Å². The summed E-state index contributed by atoms with van der Waals surface area (Å²) < 4.78 is 41.9. The number of hydrogen-bond acceptors (Lipinski definition) is 3. The molecule has 0 saturated carbocycles. The second-order valence-corrected chi connectivity index (χ2v) is 7.03. The van der Waals surface area contributed by atoms with Crippen molar-refractivity contribution < 1.29 is 27.5 Å². The molecule has 0 rings (SSSR count). The zero-order valence-electron chi connectivity index (χ0n) is 14.6. The Bertz CT molecular complexity index is 415. The number of nitrogens with zero attached hydrogens (tertiary/aromatic N) is 1. The summed E-state index contributed by atoms with van der Waals surface area (Å²) in [6, 6.07) is 0. The molecule has 0 aliphatic rings. The minimum absolute atomic E-state index is 0.113. The Balaban J connectivity index is 4.61. The average molecular weight is 340 g/mol. The van der Waals surface area contributed by atoms with E-state index in [1.807, 2.05) is 0 Å². The molecule has 0 aliphatic heterocycles. The van der Waals surface area contributed by atoms with Crippen LogP contribution in [0.1, 0.15) is 54.4 Å². The Morgan fingerprint density at radius 2 is 1.61 bits per heavy atom. The van der Waals surface area contributed by atoms with Crippen molar-refractivity contribution in [1.29, 1.82) is 0 Å². The summed E-state index contributed by atoms with van der Waals surface area (Å²) >= 11 is 0. The van der Waals surface area contributed by atoms with Crippen molar-refractivity contribution in [3.8, 4) is 0 Å². The molecule has 0 aliphatic carbocycles. The zero-order chi connectivity index (χ0) is 18.5. The van der Waals surface area contributed by atoms with Gasteiger partial charge in [0.1, 0.15) is 5.60 Å². The third-order valence-corrected chi connectivity index (χ3v) is 2.83. The van der Waals surface area contributed by atoms with Crippen LogP contribution in [0.25, 0.3) is 0 Å². The SMILES string of the molecule is CCN(CCC(F)(F)F)C(=O)CC(C)(C)NC(=O)OC(C)(C)C. The first-order valence-electron chi connectivity index (χ1n) is 7.51. The predicted molar refractivity (Wildman–Crippen MR) is 81.0 cm³/mol. The molecule has 2 amide bonds. The van der Waals surface area contributed by atoms with Crippen LogP contribution in [0.2, 0.25) is 0 Å². The largest absolute Gasteiger partial charge is 0.444 e. The summed E-state index contributed by atoms with van der Waals surface area (Å²) in [4.78, 5) is 25.0. The summed E-state index contributed by atoms with van der Waals surface area (Å²) in [6.45, 7) is 9.77. The highest BCUT2D eigenvalue weighted by Crippen LogP contribution is 2.20. The predicted octanol–water partition coefficient (Wildman–Crippen LogP) is 3.48. The lowest BCUT2D eigenvalue weighted by Gasteiger charge is -2.30. The molecule has 8 heteroatoms. The van der Waals surface area contributed by atoms with E-state index >= 15 is 0 Å². The smallest absolute Gasteiger partial charge is 0.408 e. The Kier molecular flexibility index (Phi) is 7.37. The molecule has 23 heavy (non-hydrogen) atoms. The van der Waals surface area contributed by atoms with Gasteiger partial charge in [-0.2, -0.15) is 13.2 Å². The van der Waals surface area contributed by atoms with Gasteiger partial charge in [-0.05, 0) is 41.5 Å². The van der Waals surface area contributed by atoms with E-state index in [0.29, 0.717) is 0 Å². The molecule has 0 heterocycles. The van der Waals surface area contributed by atoms with Crippen molar-refractivity contribution in [3.63, 3.8) is 0 Å². The van der Waals surface area contributed by atoms with Crippen LogP contribution < -0.4 is 5.32 Å². The van der Waals surface area contributed by atoms with Crippen LogP contribution in [-0.4, -0.2) is 47.3 Å². The van der Waals surface area contributed by atoms with Crippen molar-refractivity contribution in [3.05, 3.63) is 0 Å². The van der Waals surface area contributed by atoms with Crippen molar-refractivity contribution in [2.24, 2.45) is 0 Å². The minimum Gasteiger partial charge on any atom is -0.444 e. The molecule has 0 aromatic carbocycles. The second kappa shape index (κ2) is 7.88. The number of alkyl carbamates (subject to hydrolysis) is 1. The van der Waals surface area contributed by atoms with Crippen LogP contribution in [0, 0.1) is 0 Å². The van der Waals surface area contributed by atoms with E-state index in [0.717, 1.165) is 4.90 Å². The van der Waals surface area contributed by atoms with E-state index < -0.39 is 35.7 Å². The highest BCUT2D eigenvalue weighted by molar-refractivity contribution is 5.78. The molecule has 0 atom stereocenters. The molecule has 0 aromatic rings. The molecule has 0 radical (unpaired) electrons. The highest BCUT2D eigenvalue weighted by atomic mass is 19.4. The first kappa shape index (κ1) is 21.5. The number of alkyl halides is 3. The van der Waals surface area contributed by atoms with Gasteiger partial charge in [0.25, 0.3) is 0 Å². The van der Waals surface area contributed by atoms with E-state index in [2.05, 4.69) is 5.32 Å². The normalized spacial score (nSPS) is 12.7. The van der Waals surface area contributed by atoms with Crippen LogP contribution in [-0.2, 0) is 9.53 Å². The van der Waals surface area contributed by atoms with Crippen LogP contribution in [0.4, 0.5) is 18.0 Å². The molecule has 0 spiro atoms. The quantitative estimate of drug-likeness (QED) is 0.805. The number of hydrogen-bond donors (Lipinski definition) is 1. The van der Waals surface area contributed by atoms with Crippen LogP contribution in [0.15, 0.2) is 0 Å². The molecule has 0 fully saturated rings. The first-order valence-corrected chi connectivity index (χ1v) is 7.51. The number of halogens is 3. The third-order valence-electron chi connectivity index (χ3n) is 2.83. The lowest BCUT2D eigenvalue weighted by Crippen LogP contribution is -2.49. The standard InChI is InChI=1S/C15H27F3N2O3/c1-7-20(9-8-15(16,17)18)11(21)10-14(5,6)19-12(22)23-13(2,3)4/h7-10H2,1-6H3,(H,19,22). The lowest BCUT2D eigenvalue weighted by atomic mass is 10.00. The van der Waals surface area contributed by atoms with Gasteiger partial charge in [-0.3, -0.25) is 4.79 Å². The molecule has 1 N–H and O–H groups in total. The Morgan fingerprint density at radius 1 is 1.09 bits per heavy atom. The van der Waals surface area contributed by atoms with E-state index in [-0.39, 0.29) is 19.5 Å². The number of amides is 2. The molecule has 0 aromatic heterocycles. The number of carbonyl (C=O) groups is 2. The maximum Gasteiger partial charge on any atom is 0.408 e. The second-order valence-electron chi connectivity index (χ2n) is 7.03. The van der Waals surface area contributed by atoms with Crippen molar-refractivity contribution >= 4 is 12.0 Å². The van der Waals surface area contributed by atoms with Gasteiger partial charge in [0.15, 0.2) is 0 Å². The van der Waals surface area contributed by atoms with Crippen molar-refractivity contribution in [2.75, 3.05) is 13.1 Å². The van der Waals surface area contributed by atoms with Gasteiger partial charge in [-0.1, -0.05) is 0 Å². The zero-order valence-corrected chi connectivity index (χ0v) is 14.6. The van der Waals surface area contributed by atoms with E-state index in [9.17, 15) is 22.8 Å². The van der Waals surface area contributed by atoms with Gasteiger partial charge in [0.2, 0.25) is 5.91 Å². The Labute approximate surface area is 135 Å². The fourth-order valence-electron chi connectivity index (χ4n) is 1.83. The highest BCUT2D eigenvalue weighted by Gasteiger charge is 2.31. The van der Waals surface area contributed by atoms with Gasteiger partial charge in [-0.25, -0.2) is 4.79 Å². The van der Waals surface area contributed by atoms with Crippen LogP contribution in [0.5, 0.6) is 0 Å². The Morgan fingerprint density at radius 3 is 2.00 bits per heavy atom. The summed E-state index contributed by atoms with van der Waals surface area (Å²) in [7, 11) is 0. The molecule has 5 nitrogen and oxygen atoms in total. The molecule has 0 bridgehead atoms. The van der Waals surface area contributed by atoms with Gasteiger partial charge in [0.05, 0.1) is 6.42 Å². The van der Waals surface area contributed by atoms with E-state index in [4.69, 9.17) is 4.74 Å². The third kappa shape index (κ3) is 10.8. The number of carbonyl (C=O) groups excluding carboxylic acids is 2. The Hall–Kier alpha value is -1.47. The van der Waals surface area contributed by atoms with Crippen LogP contribution in [0.3, 0.4) is 0 Å². The lowest BCUT2D eigenvalue weighted by molar-refractivity contribution is -0.145.